The molecule has 3 aliphatic rings. The van der Waals surface area contributed by atoms with E-state index < -0.39 is 8.07 Å². The molecule has 0 unspecified atom stereocenters. The van der Waals surface area contributed by atoms with Crippen LogP contribution in [-0.2, 0) is 0 Å². The van der Waals surface area contributed by atoms with Crippen molar-refractivity contribution in [2.75, 3.05) is 14.7 Å². The predicted octanol–water partition coefficient (Wildman–Crippen LogP) is 15.0. The molecule has 11 aromatic carbocycles. The van der Waals surface area contributed by atoms with Crippen LogP contribution in [0.2, 0.25) is 13.1 Å². The van der Waals surface area contributed by atoms with E-state index in [9.17, 15) is 0 Å². The number of fused-ring (bicyclic) bond motifs is 15. The fourth-order valence-corrected chi connectivity index (χ4v) is 16.5. The SMILES string of the molecule is C[Si]1(C)c2ccccc2-c2c(N(c3ccccc3)c3cc4c5c(c3)N(c3ccccc3)c3c(ccc6c3c3ccccc3n6-c3ccccc3)B5c3ccc5oc6ccccc6c5c3N4c3ccccc3)cccc21. The maximum atomic E-state index is 6.82. The number of hydrogen-bond donors (Lipinski definition) is 0. The highest BCUT2D eigenvalue weighted by Crippen LogP contribution is 2.53. The summed E-state index contributed by atoms with van der Waals surface area (Å²) in [5.74, 6) is 0. The van der Waals surface area contributed by atoms with Crippen LogP contribution in [0.4, 0.5) is 51.2 Å². The van der Waals surface area contributed by atoms with Gasteiger partial charge >= 0.3 is 0 Å². The third kappa shape index (κ3) is 5.90. The fourth-order valence-electron chi connectivity index (χ4n) is 13.4. The van der Waals surface area contributed by atoms with Crippen molar-refractivity contribution in [1.82, 2.24) is 4.57 Å². The van der Waals surface area contributed by atoms with Crippen LogP contribution in [0, 0.1) is 0 Å². The first-order valence-corrected chi connectivity index (χ1v) is 29.1. The van der Waals surface area contributed by atoms with Crippen molar-refractivity contribution >= 4 is 136 Å². The molecule has 0 spiro atoms. The number of benzene rings is 11. The van der Waals surface area contributed by atoms with Crippen LogP contribution in [0.1, 0.15) is 0 Å². The van der Waals surface area contributed by atoms with E-state index in [0.717, 1.165) is 73.0 Å². The van der Waals surface area contributed by atoms with Crippen LogP contribution in [0.3, 0.4) is 0 Å². The zero-order valence-corrected chi connectivity index (χ0v) is 42.4. The lowest BCUT2D eigenvalue weighted by molar-refractivity contribution is 0.669. The van der Waals surface area contributed by atoms with Crippen molar-refractivity contribution in [3.05, 3.63) is 249 Å². The van der Waals surface area contributed by atoms with Crippen molar-refractivity contribution in [2.45, 2.75) is 13.1 Å². The Morgan fingerprint density at radius 3 is 1.69 bits per heavy atom. The highest BCUT2D eigenvalue weighted by atomic mass is 28.3. The summed E-state index contributed by atoms with van der Waals surface area (Å²) in [5, 5.41) is 7.60. The molecule has 0 saturated carbocycles. The molecule has 0 atom stereocenters. The molecule has 2 aromatic heterocycles. The van der Waals surface area contributed by atoms with Gasteiger partial charge in [0.1, 0.15) is 19.2 Å². The Labute approximate surface area is 436 Å². The molecule has 0 amide bonds. The standard InChI is InChI=1S/C68H47BN4OSi/c1-75(2)61-36-20-17-32-51(61)63-55(34-21-37-62(63)75)70(44-22-7-3-8-23-44)48-42-57-66-58(43-48)73(47-28-13-6-14-29-47)68-53(39-41-60-65(68)50-31-16-19-35-59(50)74-60)69(66)52-38-40-56-64(67(52)72(57)46-26-11-5-12-27-46)49-30-15-18-33-54(49)71(56)45-24-9-4-10-25-45/h3-43H,1-2H3. The van der Waals surface area contributed by atoms with Gasteiger partial charge in [-0.05, 0) is 123 Å². The fraction of sp³-hybridized carbons (Fsp3) is 0.0294. The lowest BCUT2D eigenvalue weighted by Gasteiger charge is -2.45. The first-order valence-electron chi connectivity index (χ1n) is 26.1. The van der Waals surface area contributed by atoms with Crippen molar-refractivity contribution < 1.29 is 4.42 Å². The van der Waals surface area contributed by atoms with Gasteiger partial charge in [0.15, 0.2) is 0 Å². The molecule has 0 aliphatic carbocycles. The third-order valence-electron chi connectivity index (χ3n) is 16.5. The van der Waals surface area contributed by atoms with Crippen molar-refractivity contribution in [2.24, 2.45) is 0 Å². The van der Waals surface area contributed by atoms with E-state index in [4.69, 9.17) is 4.42 Å². The molecular weight excluding hydrogens is 928 g/mol. The van der Waals surface area contributed by atoms with Crippen LogP contribution in [0.5, 0.6) is 0 Å². The van der Waals surface area contributed by atoms with Gasteiger partial charge in [-0.2, -0.15) is 0 Å². The van der Waals surface area contributed by atoms with Crippen LogP contribution in [-0.4, -0.2) is 19.4 Å². The first kappa shape index (κ1) is 42.2. The van der Waals surface area contributed by atoms with Gasteiger partial charge in [0.05, 0.1) is 39.2 Å². The molecule has 5 heterocycles. The second-order valence-corrected chi connectivity index (χ2v) is 25.1. The maximum absolute atomic E-state index is 6.82. The lowest BCUT2D eigenvalue weighted by Crippen LogP contribution is -2.61. The van der Waals surface area contributed by atoms with Gasteiger partial charge in [-0.25, -0.2) is 0 Å². The van der Waals surface area contributed by atoms with Gasteiger partial charge in [-0.3, -0.25) is 0 Å². The summed E-state index contributed by atoms with van der Waals surface area (Å²) in [6.45, 7) is 4.87. The van der Waals surface area contributed by atoms with E-state index in [2.05, 4.69) is 281 Å². The average Bonchev–Trinajstić information content (AvgIpc) is 4.13. The molecule has 0 N–H and O–H groups in total. The normalized spacial score (nSPS) is 13.8. The maximum Gasteiger partial charge on any atom is 0.252 e. The Morgan fingerprint density at radius 2 is 0.987 bits per heavy atom. The first-order chi connectivity index (χ1) is 37.0. The number of para-hydroxylation sites is 6. The molecule has 13 aromatic rings. The molecule has 0 saturated heterocycles. The van der Waals surface area contributed by atoms with Gasteiger partial charge in [0, 0.05) is 55.8 Å². The molecule has 16 rings (SSSR count). The van der Waals surface area contributed by atoms with Crippen molar-refractivity contribution in [3.63, 3.8) is 0 Å². The Balaban J connectivity index is 1.09. The summed E-state index contributed by atoms with van der Waals surface area (Å²) in [7, 11) is -2.06. The van der Waals surface area contributed by atoms with E-state index in [1.807, 2.05) is 0 Å². The molecule has 0 fully saturated rings. The van der Waals surface area contributed by atoms with Crippen LogP contribution >= 0.6 is 0 Å². The molecule has 352 valence electrons. The van der Waals surface area contributed by atoms with Gasteiger partial charge in [-0.1, -0.05) is 171 Å². The minimum absolute atomic E-state index is 0.153. The Bertz CT molecular complexity index is 4480. The highest BCUT2D eigenvalue weighted by molar-refractivity contribution is 7.04. The molecule has 75 heavy (non-hydrogen) atoms. The minimum Gasteiger partial charge on any atom is -0.456 e. The number of furan rings is 1. The second kappa shape index (κ2) is 15.9. The summed E-state index contributed by atoms with van der Waals surface area (Å²) in [6.07, 6.45) is 0. The van der Waals surface area contributed by atoms with Gasteiger partial charge < -0.3 is 23.7 Å². The zero-order chi connectivity index (χ0) is 49.5. The van der Waals surface area contributed by atoms with E-state index in [1.54, 1.807) is 0 Å². The van der Waals surface area contributed by atoms with E-state index >= 15 is 0 Å². The molecule has 7 heteroatoms. The van der Waals surface area contributed by atoms with Crippen LogP contribution in [0.25, 0.3) is 60.6 Å². The molecule has 5 nitrogen and oxygen atoms in total. The van der Waals surface area contributed by atoms with Gasteiger partial charge in [-0.15, -0.1) is 0 Å². The Kier molecular flexibility index (Phi) is 8.93. The van der Waals surface area contributed by atoms with E-state index in [0.29, 0.717) is 0 Å². The smallest absolute Gasteiger partial charge is 0.252 e. The van der Waals surface area contributed by atoms with Gasteiger partial charge in [0.2, 0.25) is 0 Å². The summed E-state index contributed by atoms with van der Waals surface area (Å²) >= 11 is 0. The number of anilines is 9. The number of nitrogens with zero attached hydrogens (tertiary/aromatic N) is 4. The second-order valence-electron chi connectivity index (χ2n) is 20.8. The van der Waals surface area contributed by atoms with Gasteiger partial charge in [0.25, 0.3) is 6.71 Å². The van der Waals surface area contributed by atoms with E-state index in [1.165, 1.54) is 65.6 Å². The quantitative estimate of drug-likeness (QED) is 0.155. The number of aromatic nitrogens is 1. The molecular formula is C68H47BN4OSi. The molecule has 0 bridgehead atoms. The average molecular weight is 975 g/mol. The lowest BCUT2D eigenvalue weighted by atomic mass is 9.33. The van der Waals surface area contributed by atoms with Crippen molar-refractivity contribution in [1.29, 1.82) is 0 Å². The third-order valence-corrected chi connectivity index (χ3v) is 20.0. The largest absolute Gasteiger partial charge is 0.456 e. The van der Waals surface area contributed by atoms with E-state index in [-0.39, 0.29) is 6.71 Å². The number of rotatable bonds is 6. The predicted molar refractivity (Wildman–Crippen MR) is 319 cm³/mol. The number of hydrogen-bond acceptors (Lipinski definition) is 4. The summed E-state index contributed by atoms with van der Waals surface area (Å²) in [6, 6.07) is 92.0. The van der Waals surface area contributed by atoms with Crippen molar-refractivity contribution in [3.8, 4) is 16.8 Å². The van der Waals surface area contributed by atoms with Crippen LogP contribution in [0.15, 0.2) is 253 Å². The zero-order valence-electron chi connectivity index (χ0n) is 41.4. The summed E-state index contributed by atoms with van der Waals surface area (Å²) < 4.78 is 9.27. The summed E-state index contributed by atoms with van der Waals surface area (Å²) in [5.41, 5.74) is 21.8. The Hall–Kier alpha value is -9.30. The highest BCUT2D eigenvalue weighted by Gasteiger charge is 2.47. The monoisotopic (exact) mass is 974 g/mol. The topological polar surface area (TPSA) is 27.8 Å². The minimum atomic E-state index is -2.06. The summed E-state index contributed by atoms with van der Waals surface area (Å²) in [4.78, 5) is 7.70. The Morgan fingerprint density at radius 1 is 0.427 bits per heavy atom. The molecule has 3 aliphatic heterocycles. The molecule has 0 radical (unpaired) electrons. The van der Waals surface area contributed by atoms with Crippen LogP contribution < -0.4 is 41.5 Å².